The van der Waals surface area contributed by atoms with E-state index in [9.17, 15) is 34.8 Å². The average Bonchev–Trinajstić information content (AvgIpc) is 2.86. The van der Waals surface area contributed by atoms with Crippen LogP contribution in [0.15, 0.2) is 53.6 Å². The number of likely N-dealkylation sites (N-methyl/N-ethyl adjacent to an activating group) is 1. The van der Waals surface area contributed by atoms with Crippen LogP contribution in [-0.4, -0.2) is 73.5 Å². The van der Waals surface area contributed by atoms with Gasteiger partial charge in [-0.2, -0.15) is 0 Å². The molecule has 6 N–H and O–H groups in total. The van der Waals surface area contributed by atoms with Crippen LogP contribution in [0, 0.1) is 11.8 Å². The number of primary amides is 1. The largest absolute Gasteiger partial charge is 0.508 e. The molecule has 0 bridgehead atoms. The average molecular weight is 518 g/mol. The Labute approximate surface area is 218 Å². The minimum absolute atomic E-state index is 0.0366. The highest BCUT2D eigenvalue weighted by Gasteiger charge is 2.64. The number of aliphatic hydroxyl groups excluding tert-OH is 2. The number of aromatic nitrogens is 1. The molecule has 5 rings (SSSR count). The number of hydrogen-bond acceptors (Lipinski definition) is 9. The summed E-state index contributed by atoms with van der Waals surface area (Å²) in [7, 11) is 3.13. The van der Waals surface area contributed by atoms with Crippen molar-refractivity contribution in [2.75, 3.05) is 14.1 Å². The van der Waals surface area contributed by atoms with Crippen LogP contribution in [0.5, 0.6) is 5.75 Å². The maximum Gasteiger partial charge on any atom is 0.255 e. The number of nitrogens with zero attached hydrogens (tertiary/aromatic N) is 2. The molecule has 0 unspecified atom stereocenters. The van der Waals surface area contributed by atoms with Gasteiger partial charge in [0.15, 0.2) is 11.4 Å². The minimum atomic E-state index is -2.65. The zero-order valence-corrected chi connectivity index (χ0v) is 20.8. The highest BCUT2D eigenvalue weighted by atomic mass is 16.3. The highest BCUT2D eigenvalue weighted by molar-refractivity contribution is 6.24. The third kappa shape index (κ3) is 3.56. The van der Waals surface area contributed by atoms with Crippen molar-refractivity contribution in [3.8, 4) is 5.75 Å². The molecule has 10 nitrogen and oxygen atoms in total. The first-order valence-electron chi connectivity index (χ1n) is 12.1. The van der Waals surface area contributed by atoms with E-state index in [-0.39, 0.29) is 29.7 Å². The van der Waals surface area contributed by atoms with E-state index in [0.29, 0.717) is 11.1 Å². The van der Waals surface area contributed by atoms with Gasteiger partial charge in [-0.1, -0.05) is 18.2 Å². The van der Waals surface area contributed by atoms with Crippen molar-refractivity contribution < 1.29 is 34.8 Å². The number of ketones is 2. The number of pyridine rings is 1. The Bertz CT molecular complexity index is 1470. The number of phenolic OH excluding ortho intramolecular Hbond substituents is 1. The van der Waals surface area contributed by atoms with E-state index in [0.717, 1.165) is 5.56 Å². The normalized spacial score (nSPS) is 27.0. The lowest BCUT2D eigenvalue weighted by Gasteiger charge is -2.50. The second kappa shape index (κ2) is 8.93. The monoisotopic (exact) mass is 517 g/mol. The van der Waals surface area contributed by atoms with Crippen LogP contribution in [0.25, 0.3) is 17.9 Å². The summed E-state index contributed by atoms with van der Waals surface area (Å²) in [5, 5.41) is 44.5. The summed E-state index contributed by atoms with van der Waals surface area (Å²) in [6.07, 6.45) is 7.25. The van der Waals surface area contributed by atoms with Crippen LogP contribution in [-0.2, 0) is 20.8 Å². The summed E-state index contributed by atoms with van der Waals surface area (Å²) in [4.78, 5) is 44.6. The Hall–Kier alpha value is -4.28. The van der Waals surface area contributed by atoms with E-state index < -0.39 is 58.0 Å². The SMILES string of the molecule is CN(C)[C@@H]1C(=O)C(C(N)=O)=C(O)[C@@]2(O)C(=O)C3=C(O)c4c(O)ccc(C=Cc5ccncc5)c4C[C@H]3C[C@@H]12. The predicted molar refractivity (Wildman–Crippen MR) is 137 cm³/mol. The summed E-state index contributed by atoms with van der Waals surface area (Å²) in [6.45, 7) is 0. The zero-order chi connectivity index (χ0) is 27.5. The number of carbonyl (C=O) groups excluding carboxylic acids is 3. The van der Waals surface area contributed by atoms with Gasteiger partial charge in [0.25, 0.3) is 5.91 Å². The lowest BCUT2D eigenvalue weighted by atomic mass is 9.57. The maximum absolute atomic E-state index is 13.9. The molecule has 2 aromatic rings. The number of amides is 1. The highest BCUT2D eigenvalue weighted by Crippen LogP contribution is 2.53. The van der Waals surface area contributed by atoms with Gasteiger partial charge >= 0.3 is 0 Å². The summed E-state index contributed by atoms with van der Waals surface area (Å²) in [5.74, 6) is -6.71. The van der Waals surface area contributed by atoms with Crippen LogP contribution in [0.3, 0.4) is 0 Å². The van der Waals surface area contributed by atoms with Crippen LogP contribution in [0.1, 0.15) is 28.7 Å². The van der Waals surface area contributed by atoms with E-state index in [1.54, 1.807) is 32.6 Å². The Kier molecular flexibility index (Phi) is 5.96. The molecule has 3 aliphatic carbocycles. The van der Waals surface area contributed by atoms with Crippen molar-refractivity contribution >= 4 is 35.4 Å². The molecular formula is C28H27N3O7. The summed E-state index contributed by atoms with van der Waals surface area (Å²) < 4.78 is 0. The topological polar surface area (TPSA) is 174 Å². The first-order chi connectivity index (χ1) is 18.0. The molecule has 0 aliphatic heterocycles. The van der Waals surface area contributed by atoms with E-state index in [2.05, 4.69) is 4.98 Å². The van der Waals surface area contributed by atoms with Crippen molar-refractivity contribution in [3.63, 3.8) is 0 Å². The van der Waals surface area contributed by atoms with Crippen LogP contribution in [0.4, 0.5) is 0 Å². The quantitative estimate of drug-likeness (QED) is 0.377. The molecule has 1 aromatic carbocycles. The van der Waals surface area contributed by atoms with Crippen molar-refractivity contribution in [2.45, 2.75) is 24.5 Å². The number of phenols is 1. The van der Waals surface area contributed by atoms with Crippen molar-refractivity contribution in [2.24, 2.45) is 17.6 Å². The van der Waals surface area contributed by atoms with Gasteiger partial charge in [-0.25, -0.2) is 0 Å². The van der Waals surface area contributed by atoms with Gasteiger partial charge in [-0.3, -0.25) is 24.3 Å². The molecule has 4 atom stereocenters. The van der Waals surface area contributed by atoms with Crippen molar-refractivity contribution in [1.29, 1.82) is 0 Å². The molecule has 3 aliphatic rings. The fourth-order valence-corrected chi connectivity index (χ4v) is 6.08. The molecule has 1 fully saturated rings. The van der Waals surface area contributed by atoms with Gasteiger partial charge in [0, 0.05) is 23.9 Å². The molecule has 38 heavy (non-hydrogen) atoms. The van der Waals surface area contributed by atoms with Gasteiger partial charge in [-0.15, -0.1) is 0 Å². The molecule has 10 heteroatoms. The summed E-state index contributed by atoms with van der Waals surface area (Å²) in [5.41, 5.74) is 3.92. The molecule has 0 spiro atoms. The smallest absolute Gasteiger partial charge is 0.255 e. The van der Waals surface area contributed by atoms with E-state index in [1.807, 2.05) is 24.3 Å². The number of hydrogen-bond donors (Lipinski definition) is 5. The van der Waals surface area contributed by atoms with E-state index >= 15 is 0 Å². The fourth-order valence-electron chi connectivity index (χ4n) is 6.08. The molecule has 1 aromatic heterocycles. The number of aliphatic hydroxyl groups is 3. The van der Waals surface area contributed by atoms with Crippen LogP contribution < -0.4 is 5.73 Å². The Morgan fingerprint density at radius 2 is 1.79 bits per heavy atom. The molecule has 0 saturated heterocycles. The molecule has 0 radical (unpaired) electrons. The summed E-state index contributed by atoms with van der Waals surface area (Å²) >= 11 is 0. The van der Waals surface area contributed by atoms with Gasteiger partial charge < -0.3 is 26.2 Å². The Morgan fingerprint density at radius 3 is 2.42 bits per heavy atom. The molecule has 1 amide bonds. The first-order valence-corrected chi connectivity index (χ1v) is 12.1. The number of nitrogens with two attached hydrogens (primary N) is 1. The lowest BCUT2D eigenvalue weighted by molar-refractivity contribution is -0.153. The fraction of sp³-hybridized carbons (Fsp3) is 0.286. The van der Waals surface area contributed by atoms with Gasteiger partial charge in [0.2, 0.25) is 5.78 Å². The molecule has 1 saturated carbocycles. The molecule has 1 heterocycles. The number of Topliss-reactive ketones (excluding diaryl/α,β-unsaturated/α-hetero) is 2. The minimum Gasteiger partial charge on any atom is -0.508 e. The van der Waals surface area contributed by atoms with Crippen molar-refractivity contribution in [3.05, 3.63) is 75.8 Å². The number of carbonyl (C=O) groups is 3. The van der Waals surface area contributed by atoms with Crippen LogP contribution >= 0.6 is 0 Å². The number of fused-ring (bicyclic) bond motifs is 3. The zero-order valence-electron chi connectivity index (χ0n) is 20.8. The maximum atomic E-state index is 13.9. The van der Waals surface area contributed by atoms with Gasteiger partial charge in [0.1, 0.15) is 22.8 Å². The van der Waals surface area contributed by atoms with Gasteiger partial charge in [-0.05, 0) is 67.7 Å². The third-order valence-electron chi connectivity index (χ3n) is 7.80. The van der Waals surface area contributed by atoms with E-state index in [1.165, 1.54) is 11.0 Å². The number of rotatable bonds is 4. The first kappa shape index (κ1) is 25.4. The summed E-state index contributed by atoms with van der Waals surface area (Å²) in [6, 6.07) is 5.62. The van der Waals surface area contributed by atoms with Crippen LogP contribution in [0.2, 0.25) is 0 Å². The molecular weight excluding hydrogens is 490 g/mol. The standard InChI is InChI=1S/C28H27N3O7/c1-31(2)22-17-12-15-11-16-14(4-3-13-7-9-30-10-8-13)5-6-18(32)20(16)23(33)19(15)25(35)28(17,38)26(36)21(24(22)34)27(29)37/h3-10,15,17,22,32-33,36,38H,11-12H2,1-2H3,(H2,29,37)/t15-,17-,22-,28-/m0/s1. The number of aromatic hydroxyl groups is 1. The van der Waals surface area contributed by atoms with E-state index in [4.69, 9.17) is 5.73 Å². The predicted octanol–water partition coefficient (Wildman–Crippen LogP) is 1.53. The number of benzene rings is 1. The second-order valence-corrected chi connectivity index (χ2v) is 10.1. The molecule has 196 valence electrons. The van der Waals surface area contributed by atoms with Gasteiger partial charge in [0.05, 0.1) is 11.6 Å². The lowest BCUT2D eigenvalue weighted by Crippen LogP contribution is -2.65. The van der Waals surface area contributed by atoms with Crippen molar-refractivity contribution in [1.82, 2.24) is 9.88 Å². The third-order valence-corrected chi connectivity index (χ3v) is 7.80. The Morgan fingerprint density at radius 1 is 1.11 bits per heavy atom. The second-order valence-electron chi connectivity index (χ2n) is 10.1. The Balaban J connectivity index is 1.68.